The summed E-state index contributed by atoms with van der Waals surface area (Å²) in [6.45, 7) is 10.7. The van der Waals surface area contributed by atoms with E-state index in [1.165, 1.54) is 0 Å². The van der Waals surface area contributed by atoms with E-state index in [0.29, 0.717) is 12.8 Å². The van der Waals surface area contributed by atoms with Gasteiger partial charge in [-0.15, -0.1) is 0 Å². The molecule has 0 bridgehead atoms. The molecule has 0 unspecified atom stereocenters. The molecule has 1 rings (SSSR count). The number of rotatable bonds is 18. The molecule has 2 amide bonds. The van der Waals surface area contributed by atoms with Gasteiger partial charge in [0.05, 0.1) is 37.8 Å². The topological polar surface area (TPSA) is 163 Å². The van der Waals surface area contributed by atoms with Gasteiger partial charge in [-0.25, -0.2) is 0 Å². The van der Waals surface area contributed by atoms with Gasteiger partial charge < -0.3 is 20.1 Å². The van der Waals surface area contributed by atoms with Crippen LogP contribution in [-0.4, -0.2) is 84.5 Å². The lowest BCUT2D eigenvalue weighted by molar-refractivity contribution is -0.190. The molecule has 1 aliphatic rings. The highest BCUT2D eigenvalue weighted by atomic mass is 32.2. The van der Waals surface area contributed by atoms with E-state index in [0.717, 1.165) is 38.2 Å². The zero-order chi connectivity index (χ0) is 30.0. The van der Waals surface area contributed by atoms with Crippen molar-refractivity contribution in [1.29, 1.82) is 0 Å². The van der Waals surface area contributed by atoms with Crippen LogP contribution < -0.4 is 10.6 Å². The van der Waals surface area contributed by atoms with E-state index in [-0.39, 0.29) is 25.0 Å². The predicted molar refractivity (Wildman–Crippen MR) is 147 cm³/mol. The first-order valence-electron chi connectivity index (χ1n) is 13.6. The number of ether oxygens (including phenoxy) is 2. The van der Waals surface area contributed by atoms with Crippen LogP contribution >= 0.6 is 0 Å². The van der Waals surface area contributed by atoms with E-state index < -0.39 is 62.1 Å². The number of carbonyl (C=O) groups excluding carboxylic acids is 2. The van der Waals surface area contributed by atoms with Crippen LogP contribution in [0.3, 0.4) is 0 Å². The molecule has 0 spiro atoms. The third-order valence-corrected chi connectivity index (χ3v) is 7.61. The molecule has 1 aliphatic heterocycles. The number of carbonyl (C=O) groups is 2. The summed E-state index contributed by atoms with van der Waals surface area (Å²) in [6, 6.07) is -1.35. The molecule has 39 heavy (non-hydrogen) atoms. The summed E-state index contributed by atoms with van der Waals surface area (Å²) in [5.74, 6) is -2.78. The number of amides is 2. The zero-order valence-corrected chi connectivity index (χ0v) is 26.2. The third kappa shape index (κ3) is 12.8. The van der Waals surface area contributed by atoms with Crippen molar-refractivity contribution >= 4 is 32.1 Å². The van der Waals surface area contributed by atoms with Gasteiger partial charge in [0.1, 0.15) is 0 Å². The van der Waals surface area contributed by atoms with Crippen LogP contribution in [0.2, 0.25) is 0 Å². The molecule has 2 N–H and O–H groups in total. The summed E-state index contributed by atoms with van der Waals surface area (Å²) in [5.41, 5.74) is 0. The Kier molecular flexibility index (Phi) is 14.3. The van der Waals surface area contributed by atoms with Crippen molar-refractivity contribution < 1.29 is 44.3 Å². The fourth-order valence-corrected chi connectivity index (χ4v) is 4.76. The summed E-state index contributed by atoms with van der Waals surface area (Å²) >= 11 is 0. The molecule has 0 aromatic carbocycles. The number of hydrogen-bond donors (Lipinski definition) is 2. The molecule has 0 aromatic heterocycles. The summed E-state index contributed by atoms with van der Waals surface area (Å²) in [5, 5.41) is 5.54. The largest absolute Gasteiger partial charge is 0.348 e. The van der Waals surface area contributed by atoms with Gasteiger partial charge in [0.25, 0.3) is 32.1 Å². The number of hydrogen-bond acceptors (Lipinski definition) is 10. The molecule has 0 radical (unpaired) electrons. The van der Waals surface area contributed by atoms with Gasteiger partial charge in [0.15, 0.2) is 18.0 Å². The quantitative estimate of drug-likeness (QED) is 0.223. The van der Waals surface area contributed by atoms with Crippen LogP contribution in [0.15, 0.2) is 0 Å². The van der Waals surface area contributed by atoms with Crippen molar-refractivity contribution in [3.8, 4) is 0 Å². The molecular formula is C25H48N2O10S2. The summed E-state index contributed by atoms with van der Waals surface area (Å²) in [4.78, 5) is 27.0. The molecule has 4 atom stereocenters. The third-order valence-electron chi connectivity index (χ3n) is 6.49. The first-order valence-corrected chi connectivity index (χ1v) is 17.2. The van der Waals surface area contributed by atoms with Gasteiger partial charge in [-0.3, -0.25) is 18.0 Å². The average Bonchev–Trinajstić information content (AvgIpc) is 3.20. The van der Waals surface area contributed by atoms with Crippen LogP contribution in [0.1, 0.15) is 80.1 Å². The van der Waals surface area contributed by atoms with Crippen molar-refractivity contribution in [2.24, 2.45) is 11.8 Å². The SMILES string of the molecule is CCCCC1(CCCC)O[C@@H](C(=O)N[C@H](COS(C)(=O)=O)C(C)C)[C@H](C(=O)N[C@H](COS(C)(=O)=O)C(C)C)O1. The Balaban J connectivity index is 3.27. The lowest BCUT2D eigenvalue weighted by atomic mass is 10.0. The number of nitrogens with one attached hydrogen (secondary N) is 2. The summed E-state index contributed by atoms with van der Waals surface area (Å²) < 4.78 is 68.4. The minimum absolute atomic E-state index is 0.186. The second-order valence-corrected chi connectivity index (χ2v) is 14.2. The summed E-state index contributed by atoms with van der Waals surface area (Å²) in [7, 11) is -7.47. The van der Waals surface area contributed by atoms with Crippen LogP contribution in [0.4, 0.5) is 0 Å². The first kappa shape index (κ1) is 35.7. The highest BCUT2D eigenvalue weighted by Gasteiger charge is 2.53. The van der Waals surface area contributed by atoms with Gasteiger partial charge in [0.2, 0.25) is 0 Å². The molecule has 0 aromatic rings. The van der Waals surface area contributed by atoms with E-state index >= 15 is 0 Å². The van der Waals surface area contributed by atoms with E-state index in [4.69, 9.17) is 17.8 Å². The zero-order valence-electron chi connectivity index (χ0n) is 24.5. The van der Waals surface area contributed by atoms with Crippen molar-refractivity contribution in [2.45, 2.75) is 110 Å². The maximum atomic E-state index is 13.5. The highest BCUT2D eigenvalue weighted by molar-refractivity contribution is 7.86. The molecule has 1 fully saturated rings. The normalized spacial score (nSPS) is 21.2. The molecule has 1 heterocycles. The molecule has 0 saturated carbocycles. The van der Waals surface area contributed by atoms with E-state index in [9.17, 15) is 26.4 Å². The Morgan fingerprint density at radius 2 is 1.08 bits per heavy atom. The van der Waals surface area contributed by atoms with Gasteiger partial charge in [-0.05, 0) is 24.7 Å². The van der Waals surface area contributed by atoms with Crippen LogP contribution in [0.25, 0.3) is 0 Å². The maximum Gasteiger partial charge on any atom is 0.264 e. The van der Waals surface area contributed by atoms with Crippen molar-refractivity contribution in [3.63, 3.8) is 0 Å². The first-order chi connectivity index (χ1) is 17.9. The Morgan fingerprint density at radius 1 is 0.744 bits per heavy atom. The van der Waals surface area contributed by atoms with Gasteiger partial charge in [0, 0.05) is 12.8 Å². The Labute approximate surface area is 234 Å². The van der Waals surface area contributed by atoms with Crippen LogP contribution in [0, 0.1) is 11.8 Å². The molecular weight excluding hydrogens is 552 g/mol. The predicted octanol–water partition coefficient (Wildman–Crippen LogP) is 2.08. The Morgan fingerprint density at radius 3 is 1.33 bits per heavy atom. The van der Waals surface area contributed by atoms with Crippen molar-refractivity contribution in [1.82, 2.24) is 10.6 Å². The van der Waals surface area contributed by atoms with Gasteiger partial charge >= 0.3 is 0 Å². The van der Waals surface area contributed by atoms with Gasteiger partial charge in [-0.2, -0.15) is 16.8 Å². The second kappa shape index (κ2) is 15.6. The monoisotopic (exact) mass is 600 g/mol. The lowest BCUT2D eigenvalue weighted by Gasteiger charge is -2.28. The van der Waals surface area contributed by atoms with E-state index in [1.54, 1.807) is 27.7 Å². The standard InChI is InChI=1S/C25H48N2O10S2/c1-9-11-13-25(14-12-10-2)36-21(23(28)26-19(17(3)4)15-34-38(7,30)31)22(37-25)24(29)27-20(18(5)6)16-35-39(8,32)33/h17-22H,9-16H2,1-8H3,(H,26,28)(H,27,29)/t19-,20-,21-,22-/m1/s1. The summed E-state index contributed by atoms with van der Waals surface area (Å²) in [6.07, 6.45) is 3.38. The van der Waals surface area contributed by atoms with E-state index in [1.807, 2.05) is 13.8 Å². The smallest absolute Gasteiger partial charge is 0.264 e. The fraction of sp³-hybridized carbons (Fsp3) is 0.920. The Hall–Kier alpha value is -1.32. The van der Waals surface area contributed by atoms with E-state index in [2.05, 4.69) is 10.6 Å². The average molecular weight is 601 g/mol. The molecule has 230 valence electrons. The van der Waals surface area contributed by atoms with Gasteiger partial charge in [-0.1, -0.05) is 54.4 Å². The molecule has 12 nitrogen and oxygen atoms in total. The van der Waals surface area contributed by atoms with Crippen LogP contribution in [-0.2, 0) is 47.7 Å². The maximum absolute atomic E-state index is 13.5. The number of unbranched alkanes of at least 4 members (excludes halogenated alkanes) is 2. The van der Waals surface area contributed by atoms with Crippen molar-refractivity contribution in [3.05, 3.63) is 0 Å². The van der Waals surface area contributed by atoms with Crippen LogP contribution in [0.5, 0.6) is 0 Å². The molecule has 1 saturated heterocycles. The highest BCUT2D eigenvalue weighted by Crippen LogP contribution is 2.38. The Bertz CT molecular complexity index is 918. The fourth-order valence-electron chi connectivity index (χ4n) is 3.97. The second-order valence-electron chi connectivity index (χ2n) is 10.9. The minimum atomic E-state index is -3.73. The lowest BCUT2D eigenvalue weighted by Crippen LogP contribution is -2.54. The minimum Gasteiger partial charge on any atom is -0.348 e. The van der Waals surface area contributed by atoms with Crippen molar-refractivity contribution in [2.75, 3.05) is 25.7 Å². The molecule has 0 aliphatic carbocycles. The molecule has 14 heteroatoms.